The van der Waals surface area contributed by atoms with Crippen LogP contribution < -0.4 is 0 Å². The lowest BCUT2D eigenvalue weighted by Gasteiger charge is -2.34. The van der Waals surface area contributed by atoms with Crippen LogP contribution in [0.4, 0.5) is 0 Å². The van der Waals surface area contributed by atoms with Crippen LogP contribution in [0, 0.1) is 0 Å². The maximum atomic E-state index is 12.0. The predicted octanol–water partition coefficient (Wildman–Crippen LogP) is 0.953. The van der Waals surface area contributed by atoms with Crippen molar-refractivity contribution < 1.29 is 24.2 Å². The van der Waals surface area contributed by atoms with E-state index in [4.69, 9.17) is 14.6 Å². The third-order valence-electron chi connectivity index (χ3n) is 3.78. The minimum absolute atomic E-state index is 0.0287. The summed E-state index contributed by atoms with van der Waals surface area (Å²) in [6.07, 6.45) is 1.53. The van der Waals surface area contributed by atoms with E-state index in [1.54, 1.807) is 0 Å². The van der Waals surface area contributed by atoms with Crippen LogP contribution in [-0.4, -0.2) is 40.8 Å². The summed E-state index contributed by atoms with van der Waals surface area (Å²) in [5.41, 5.74) is 0.905. The Bertz CT molecular complexity index is 598. The second-order valence-corrected chi connectivity index (χ2v) is 5.23. The normalized spacial score (nSPS) is 24.7. The summed E-state index contributed by atoms with van der Waals surface area (Å²) in [6, 6.07) is 8.92. The Morgan fingerprint density at radius 1 is 1.45 bits per heavy atom. The van der Waals surface area contributed by atoms with Crippen LogP contribution >= 0.6 is 0 Å². The summed E-state index contributed by atoms with van der Waals surface area (Å²) >= 11 is 0. The number of carbonyl (C=O) groups excluding carboxylic acids is 2. The van der Waals surface area contributed by atoms with Gasteiger partial charge in [-0.2, -0.15) is 0 Å². The molecule has 0 aromatic heterocycles. The average molecular weight is 306 g/mol. The van der Waals surface area contributed by atoms with Crippen molar-refractivity contribution in [3.8, 4) is 0 Å². The van der Waals surface area contributed by atoms with E-state index >= 15 is 0 Å². The van der Waals surface area contributed by atoms with E-state index in [9.17, 15) is 9.59 Å². The van der Waals surface area contributed by atoms with Gasteiger partial charge in [0.2, 0.25) is 5.91 Å². The van der Waals surface area contributed by atoms with Crippen molar-refractivity contribution in [1.82, 2.24) is 4.90 Å². The average Bonchev–Trinajstić information content (AvgIpc) is 2.78. The molecule has 1 amide bonds. The van der Waals surface area contributed by atoms with E-state index in [0.717, 1.165) is 5.56 Å². The fourth-order valence-corrected chi connectivity index (χ4v) is 2.67. The van der Waals surface area contributed by atoms with E-state index in [-0.39, 0.29) is 31.8 Å². The van der Waals surface area contributed by atoms with E-state index in [1.807, 2.05) is 30.3 Å². The van der Waals surface area contributed by atoms with Gasteiger partial charge in [-0.1, -0.05) is 30.3 Å². The van der Waals surface area contributed by atoms with Gasteiger partial charge in [0.15, 0.2) is 6.23 Å². The quantitative estimate of drug-likeness (QED) is 0.379. The molecule has 2 heterocycles. The van der Waals surface area contributed by atoms with Gasteiger partial charge >= 0.3 is 5.97 Å². The first-order chi connectivity index (χ1) is 10.7. The molecular formula is C16H17NO5. The smallest absolute Gasteiger partial charge is 0.308 e. The number of amides is 1. The minimum atomic E-state index is -0.471. The highest BCUT2D eigenvalue weighted by molar-refractivity contribution is 5.85. The van der Waals surface area contributed by atoms with Gasteiger partial charge in [-0.25, -0.2) is 0 Å². The molecule has 0 unspecified atom stereocenters. The molecule has 0 bridgehead atoms. The van der Waals surface area contributed by atoms with E-state index in [0.29, 0.717) is 12.2 Å². The molecule has 2 aliphatic heterocycles. The van der Waals surface area contributed by atoms with Gasteiger partial charge in [-0.05, 0) is 11.6 Å². The van der Waals surface area contributed by atoms with Crippen LogP contribution in [0.3, 0.4) is 0 Å². The largest absolute Gasteiger partial charge is 0.472 e. The zero-order chi connectivity index (χ0) is 15.5. The topological polar surface area (TPSA) is 76.1 Å². The summed E-state index contributed by atoms with van der Waals surface area (Å²) in [4.78, 5) is 25.2. The highest BCUT2D eigenvalue weighted by atomic mass is 18.1. The second kappa shape index (κ2) is 6.19. The summed E-state index contributed by atoms with van der Waals surface area (Å²) in [7, 11) is 0. The Morgan fingerprint density at radius 2 is 2.23 bits per heavy atom. The third-order valence-corrected chi connectivity index (χ3v) is 3.78. The van der Waals surface area contributed by atoms with Crippen molar-refractivity contribution in [3.05, 3.63) is 47.7 Å². The zero-order valence-electron chi connectivity index (χ0n) is 12.0. The number of fused-ring (bicyclic) bond motifs is 1. The molecule has 0 saturated carbocycles. The monoisotopic (exact) mass is 306 g/mol. The third kappa shape index (κ3) is 2.82. The molecule has 0 spiro atoms. The van der Waals surface area contributed by atoms with Crippen LogP contribution in [-0.2, 0) is 25.7 Å². The molecule has 1 aromatic carbocycles. The van der Waals surface area contributed by atoms with Crippen molar-refractivity contribution in [1.29, 1.82) is 0 Å². The predicted molar refractivity (Wildman–Crippen MR) is 76.1 cm³/mol. The number of nitrogens with zero attached hydrogens (tertiary/aromatic N) is 1. The summed E-state index contributed by atoms with van der Waals surface area (Å²) < 4.78 is 10.8. The molecule has 0 aliphatic carbocycles. The van der Waals surface area contributed by atoms with E-state index in [2.05, 4.69) is 0 Å². The lowest BCUT2D eigenvalue weighted by atomic mass is 10.1. The van der Waals surface area contributed by atoms with Crippen LogP contribution in [0.1, 0.15) is 18.4 Å². The molecule has 3 rings (SSSR count). The number of rotatable bonds is 5. The highest BCUT2D eigenvalue weighted by Gasteiger charge is 2.51. The molecule has 2 aliphatic rings. The SMILES string of the molecule is O=C1C[C@H]2O/C(=C\CO)[C@H]([13CH2]C(=[18O])OCc3ccccc3)N12. The molecule has 116 valence electrons. The lowest BCUT2D eigenvalue weighted by molar-refractivity contribution is -0.158. The number of β-lactam (4-membered cyclic amide) rings is 1. The van der Waals surface area contributed by atoms with Crippen molar-refractivity contribution in [3.63, 3.8) is 0 Å². The number of carbonyl (C=O) groups is 2. The number of hydrogen-bond donors (Lipinski definition) is 1. The summed E-state index contributed by atoms with van der Waals surface area (Å²) in [6.45, 7) is 0.00329. The minimum Gasteiger partial charge on any atom is -0.472 e. The molecule has 2 atom stereocenters. The maximum Gasteiger partial charge on any atom is 0.308 e. The maximum absolute atomic E-state index is 12.0. The lowest BCUT2D eigenvalue weighted by Crippen LogP contribution is -2.53. The summed E-state index contributed by atoms with van der Waals surface area (Å²) in [5.74, 6) is 0.0175. The molecule has 1 aromatic rings. The van der Waals surface area contributed by atoms with Gasteiger partial charge < -0.3 is 14.6 Å². The number of hydrogen-bond acceptors (Lipinski definition) is 5. The Hall–Kier alpha value is -2.34. The molecule has 1 N–H and O–H groups in total. The Labute approximate surface area is 127 Å². The standard InChI is InChI=1S/C16H17NO5/c18-7-6-13-12(17-14(19)9-15(17)22-13)8-16(20)21-10-11-4-2-1-3-5-11/h1-6,12,15,18H,7-10H2/b13-6-/t12-,15+/m0/s1/i8+1,20+2. The van der Waals surface area contributed by atoms with Crippen molar-refractivity contribution in [2.75, 3.05) is 6.61 Å². The summed E-state index contributed by atoms with van der Waals surface area (Å²) in [5, 5.41) is 9.01. The van der Waals surface area contributed by atoms with Gasteiger partial charge in [0, 0.05) is 0 Å². The molecule has 0 radical (unpaired) electrons. The van der Waals surface area contributed by atoms with Gasteiger partial charge in [0.25, 0.3) is 0 Å². The van der Waals surface area contributed by atoms with Crippen molar-refractivity contribution in [2.24, 2.45) is 0 Å². The first-order valence-corrected chi connectivity index (χ1v) is 7.17. The van der Waals surface area contributed by atoms with Crippen molar-refractivity contribution in [2.45, 2.75) is 31.7 Å². The van der Waals surface area contributed by atoms with Crippen LogP contribution in [0.5, 0.6) is 0 Å². The van der Waals surface area contributed by atoms with Gasteiger partial charge in [-0.15, -0.1) is 0 Å². The second-order valence-electron chi connectivity index (χ2n) is 5.23. The number of benzene rings is 1. The molecule has 2 fully saturated rings. The van der Waals surface area contributed by atoms with Gasteiger partial charge in [0.1, 0.15) is 18.4 Å². The molecule has 6 nitrogen and oxygen atoms in total. The van der Waals surface area contributed by atoms with Crippen LogP contribution in [0.2, 0.25) is 0 Å². The van der Waals surface area contributed by atoms with Crippen LogP contribution in [0.25, 0.3) is 0 Å². The molecule has 6 heteroatoms. The highest BCUT2D eigenvalue weighted by Crippen LogP contribution is 2.37. The zero-order valence-corrected chi connectivity index (χ0v) is 12.0. The number of ether oxygens (including phenoxy) is 2. The molecule has 22 heavy (non-hydrogen) atoms. The number of esters is 1. The van der Waals surface area contributed by atoms with Gasteiger partial charge in [-0.3, -0.25) is 14.5 Å². The first-order valence-electron chi connectivity index (χ1n) is 7.17. The fraction of sp³-hybridized carbons (Fsp3) is 0.375. The Balaban J connectivity index is 1.59. The Morgan fingerprint density at radius 3 is 2.91 bits per heavy atom. The number of aliphatic hydroxyl groups excluding tert-OH is 1. The fourth-order valence-electron chi connectivity index (χ4n) is 2.67. The van der Waals surface area contributed by atoms with E-state index in [1.165, 1.54) is 11.0 Å². The van der Waals surface area contributed by atoms with Crippen LogP contribution in [0.15, 0.2) is 42.2 Å². The number of aliphatic hydroxyl groups is 1. The van der Waals surface area contributed by atoms with Gasteiger partial charge in [0.05, 0.1) is 19.4 Å². The van der Waals surface area contributed by atoms with E-state index < -0.39 is 12.0 Å². The molecular weight excluding hydrogens is 289 g/mol. The first kappa shape index (κ1) is 14.6. The molecule has 2 saturated heterocycles. The Kier molecular flexibility index (Phi) is 4.11. The van der Waals surface area contributed by atoms with Crippen molar-refractivity contribution >= 4 is 11.9 Å².